The van der Waals surface area contributed by atoms with Crippen LogP contribution in [0.25, 0.3) is 5.69 Å². The number of nitrogens with zero attached hydrogens (tertiary/aromatic N) is 3. The molecular formula is C23H25N5O4S. The number of benzene rings is 2. The highest BCUT2D eigenvalue weighted by Gasteiger charge is 2.31. The minimum atomic E-state index is -0.196. The molecule has 2 N–H and O–H groups in total. The molecule has 0 radical (unpaired) electrons. The maximum atomic E-state index is 12.7. The van der Waals surface area contributed by atoms with Gasteiger partial charge in [0.2, 0.25) is 11.8 Å². The highest BCUT2D eigenvalue weighted by molar-refractivity contribution is 7.99. The van der Waals surface area contributed by atoms with Crippen molar-refractivity contribution in [3.63, 3.8) is 0 Å². The highest BCUT2D eigenvalue weighted by Crippen LogP contribution is 2.41. The molecule has 0 bridgehead atoms. The third kappa shape index (κ3) is 5.46. The fourth-order valence-electron chi connectivity index (χ4n) is 3.37. The van der Waals surface area contributed by atoms with E-state index in [1.807, 2.05) is 28.8 Å². The van der Waals surface area contributed by atoms with E-state index in [2.05, 4.69) is 20.8 Å². The summed E-state index contributed by atoms with van der Waals surface area (Å²) in [6.45, 7) is 1.47. The fourth-order valence-corrected chi connectivity index (χ4v) is 4.13. The largest absolute Gasteiger partial charge is 0.497 e. The van der Waals surface area contributed by atoms with Gasteiger partial charge < -0.3 is 20.1 Å². The molecule has 0 unspecified atom stereocenters. The van der Waals surface area contributed by atoms with Gasteiger partial charge in [0.15, 0.2) is 5.16 Å². The predicted octanol–water partition coefficient (Wildman–Crippen LogP) is 3.85. The van der Waals surface area contributed by atoms with Crippen LogP contribution < -0.4 is 20.1 Å². The van der Waals surface area contributed by atoms with Crippen LogP contribution >= 0.6 is 11.8 Å². The summed E-state index contributed by atoms with van der Waals surface area (Å²) >= 11 is 1.30. The second-order valence-electron chi connectivity index (χ2n) is 7.59. The van der Waals surface area contributed by atoms with E-state index < -0.39 is 0 Å². The number of ether oxygens (including phenoxy) is 2. The second kappa shape index (κ2) is 9.95. The van der Waals surface area contributed by atoms with Crippen LogP contribution in [0.3, 0.4) is 0 Å². The molecular weight excluding hydrogens is 442 g/mol. The van der Waals surface area contributed by atoms with Crippen LogP contribution in [0.1, 0.15) is 31.5 Å². The molecule has 2 amide bonds. The van der Waals surface area contributed by atoms with Crippen LogP contribution in [0.2, 0.25) is 0 Å². The molecule has 0 aliphatic heterocycles. The minimum absolute atomic E-state index is 0.140. The number of carbonyl (C=O) groups excluding carboxylic acids is 2. The zero-order valence-electron chi connectivity index (χ0n) is 18.6. The lowest BCUT2D eigenvalue weighted by Crippen LogP contribution is -2.15. The van der Waals surface area contributed by atoms with E-state index in [4.69, 9.17) is 9.47 Å². The Balaban J connectivity index is 1.51. The first-order valence-corrected chi connectivity index (χ1v) is 11.4. The van der Waals surface area contributed by atoms with Crippen molar-refractivity contribution in [2.75, 3.05) is 30.6 Å². The van der Waals surface area contributed by atoms with Crippen molar-refractivity contribution in [1.29, 1.82) is 0 Å². The third-order valence-corrected chi connectivity index (χ3v) is 5.97. The molecule has 1 saturated carbocycles. The lowest BCUT2D eigenvalue weighted by molar-refractivity contribution is -0.114. The number of rotatable bonds is 9. The van der Waals surface area contributed by atoms with Gasteiger partial charge in [0.1, 0.15) is 17.3 Å². The third-order valence-electron chi connectivity index (χ3n) is 5.04. The Hall–Kier alpha value is -3.53. The van der Waals surface area contributed by atoms with Gasteiger partial charge in [-0.2, -0.15) is 0 Å². The first-order valence-electron chi connectivity index (χ1n) is 10.5. The molecule has 1 aliphatic carbocycles. The predicted molar refractivity (Wildman–Crippen MR) is 127 cm³/mol. The topological polar surface area (TPSA) is 107 Å². The zero-order valence-corrected chi connectivity index (χ0v) is 19.4. The molecule has 4 rings (SSSR count). The number of nitrogens with one attached hydrogen (secondary N) is 2. The van der Waals surface area contributed by atoms with Crippen LogP contribution in [0, 0.1) is 0 Å². The van der Waals surface area contributed by atoms with Crippen molar-refractivity contribution < 1.29 is 19.1 Å². The molecule has 9 nitrogen and oxygen atoms in total. The lowest BCUT2D eigenvalue weighted by Gasteiger charge is -2.13. The van der Waals surface area contributed by atoms with Gasteiger partial charge in [0.05, 0.1) is 31.3 Å². The van der Waals surface area contributed by atoms with E-state index >= 15 is 0 Å². The van der Waals surface area contributed by atoms with Crippen molar-refractivity contribution in [2.24, 2.45) is 0 Å². The van der Waals surface area contributed by atoms with Crippen molar-refractivity contribution in [3.8, 4) is 17.2 Å². The average Bonchev–Trinajstić information content (AvgIpc) is 3.56. The van der Waals surface area contributed by atoms with E-state index in [-0.39, 0.29) is 17.6 Å². The van der Waals surface area contributed by atoms with E-state index in [0.29, 0.717) is 33.9 Å². The Morgan fingerprint density at radius 1 is 1.09 bits per heavy atom. The number of carbonyl (C=O) groups is 2. The monoisotopic (exact) mass is 467 g/mol. The fraction of sp³-hybridized carbons (Fsp3) is 0.304. The minimum Gasteiger partial charge on any atom is -0.497 e. The number of hydrogen-bond donors (Lipinski definition) is 2. The Labute approximate surface area is 195 Å². The maximum absolute atomic E-state index is 12.7. The summed E-state index contributed by atoms with van der Waals surface area (Å²) in [6.07, 6.45) is 2.12. The van der Waals surface area contributed by atoms with Gasteiger partial charge in [0.25, 0.3) is 0 Å². The van der Waals surface area contributed by atoms with Crippen LogP contribution in [0.4, 0.5) is 11.4 Å². The summed E-state index contributed by atoms with van der Waals surface area (Å²) < 4.78 is 12.5. The summed E-state index contributed by atoms with van der Waals surface area (Å²) in [5.74, 6) is 2.19. The van der Waals surface area contributed by atoms with Gasteiger partial charge in [0, 0.05) is 24.6 Å². The summed E-state index contributed by atoms with van der Waals surface area (Å²) in [5, 5.41) is 15.0. The molecule has 33 heavy (non-hydrogen) atoms. The van der Waals surface area contributed by atoms with Gasteiger partial charge >= 0.3 is 0 Å². The van der Waals surface area contributed by atoms with E-state index in [1.165, 1.54) is 25.8 Å². The first-order chi connectivity index (χ1) is 16.0. The van der Waals surface area contributed by atoms with Crippen molar-refractivity contribution in [2.45, 2.75) is 30.8 Å². The molecule has 2 aromatic carbocycles. The number of methoxy groups -OCH3 is 2. The SMILES string of the molecule is COc1ccc(NC(=O)CSc2nnc(C3CC3)n2-c2cccc(NC(C)=O)c2)c(OC)c1. The number of anilines is 2. The Morgan fingerprint density at radius 3 is 2.61 bits per heavy atom. The highest BCUT2D eigenvalue weighted by atomic mass is 32.2. The molecule has 3 aromatic rings. The van der Waals surface area contributed by atoms with E-state index in [1.54, 1.807) is 25.3 Å². The van der Waals surface area contributed by atoms with Crippen molar-refractivity contribution in [1.82, 2.24) is 14.8 Å². The van der Waals surface area contributed by atoms with Crippen LogP contribution in [0.15, 0.2) is 47.6 Å². The maximum Gasteiger partial charge on any atom is 0.234 e. The average molecular weight is 468 g/mol. The van der Waals surface area contributed by atoms with Gasteiger partial charge in [-0.25, -0.2) is 0 Å². The molecule has 1 aliphatic rings. The molecule has 10 heteroatoms. The Bertz CT molecular complexity index is 1180. The van der Waals surface area contributed by atoms with Gasteiger partial charge in [-0.3, -0.25) is 14.2 Å². The Kier molecular flexibility index (Phi) is 6.83. The van der Waals surface area contributed by atoms with Gasteiger partial charge in [-0.05, 0) is 43.2 Å². The summed E-state index contributed by atoms with van der Waals surface area (Å²) in [6, 6.07) is 12.7. The van der Waals surface area contributed by atoms with Gasteiger partial charge in [-0.1, -0.05) is 17.8 Å². The molecule has 172 valence electrons. The van der Waals surface area contributed by atoms with Crippen molar-refractivity contribution >= 4 is 35.0 Å². The van der Waals surface area contributed by atoms with Crippen LogP contribution in [-0.2, 0) is 9.59 Å². The quantitative estimate of drug-likeness (QED) is 0.460. The lowest BCUT2D eigenvalue weighted by atomic mass is 10.2. The first kappa shape index (κ1) is 22.7. The molecule has 1 aromatic heterocycles. The number of hydrogen-bond acceptors (Lipinski definition) is 7. The van der Waals surface area contributed by atoms with Gasteiger partial charge in [-0.15, -0.1) is 10.2 Å². The van der Waals surface area contributed by atoms with E-state index in [0.717, 1.165) is 24.4 Å². The molecule has 1 heterocycles. The smallest absolute Gasteiger partial charge is 0.234 e. The normalized spacial score (nSPS) is 12.8. The number of amides is 2. The summed E-state index contributed by atoms with van der Waals surface area (Å²) in [7, 11) is 3.11. The van der Waals surface area contributed by atoms with Crippen LogP contribution in [0.5, 0.6) is 11.5 Å². The number of aromatic nitrogens is 3. The number of thioether (sulfide) groups is 1. The molecule has 0 saturated heterocycles. The standard InChI is InChI=1S/C23H25N5O4S/c1-14(29)24-16-5-4-6-17(11-16)28-22(15-7-8-15)26-27-23(28)33-13-21(30)25-19-10-9-18(31-2)12-20(19)32-3/h4-6,9-12,15H,7-8,13H2,1-3H3,(H,24,29)(H,25,30). The molecule has 0 spiro atoms. The second-order valence-corrected chi connectivity index (χ2v) is 8.53. The summed E-state index contributed by atoms with van der Waals surface area (Å²) in [4.78, 5) is 24.1. The zero-order chi connectivity index (χ0) is 23.4. The summed E-state index contributed by atoms with van der Waals surface area (Å²) in [5.41, 5.74) is 2.09. The van der Waals surface area contributed by atoms with E-state index in [9.17, 15) is 9.59 Å². The Morgan fingerprint density at radius 2 is 1.91 bits per heavy atom. The molecule has 0 atom stereocenters. The van der Waals surface area contributed by atoms with Crippen molar-refractivity contribution in [3.05, 3.63) is 48.3 Å². The molecule has 1 fully saturated rings. The van der Waals surface area contributed by atoms with Crippen LogP contribution in [-0.4, -0.2) is 46.6 Å².